The molecule has 15 heavy (non-hydrogen) atoms. The van der Waals surface area contributed by atoms with E-state index < -0.39 is 0 Å². The maximum atomic E-state index is 8.94. The molecule has 0 radical (unpaired) electrons. The third kappa shape index (κ3) is 2.41. The van der Waals surface area contributed by atoms with E-state index in [0.717, 1.165) is 4.47 Å². The van der Waals surface area contributed by atoms with Crippen LogP contribution in [-0.4, -0.2) is 0 Å². The summed E-state index contributed by atoms with van der Waals surface area (Å²) >= 11 is 3.56. The molecular weight excluding hydrogens is 250 g/mol. The van der Waals surface area contributed by atoms with Crippen molar-refractivity contribution >= 4 is 15.9 Å². The first kappa shape index (κ1) is 12.3. The van der Waals surface area contributed by atoms with Gasteiger partial charge in [-0.05, 0) is 17.5 Å². The molecule has 0 aliphatic heterocycles. The average Bonchev–Trinajstić information content (AvgIpc) is 2.18. The second kappa shape index (κ2) is 4.81. The lowest BCUT2D eigenvalue weighted by Crippen LogP contribution is -2.28. The third-order valence-electron chi connectivity index (χ3n) is 3.21. The average molecular weight is 266 g/mol. The van der Waals surface area contributed by atoms with Crippen molar-refractivity contribution in [2.75, 3.05) is 0 Å². The summed E-state index contributed by atoms with van der Waals surface area (Å²) in [7, 11) is 0. The zero-order valence-electron chi connectivity index (χ0n) is 9.42. The van der Waals surface area contributed by atoms with Gasteiger partial charge in [-0.2, -0.15) is 5.26 Å². The predicted octanol–water partition coefficient (Wildman–Crippen LogP) is 4.28. The van der Waals surface area contributed by atoms with Crippen LogP contribution in [0.1, 0.15) is 32.8 Å². The minimum atomic E-state index is -0.0746. The molecule has 0 amide bonds. The lowest BCUT2D eigenvalue weighted by atomic mass is 9.71. The summed E-state index contributed by atoms with van der Waals surface area (Å²) in [5.74, 6) is 0.441. The van der Waals surface area contributed by atoms with Crippen LogP contribution in [0.5, 0.6) is 0 Å². The summed E-state index contributed by atoms with van der Waals surface area (Å²) in [5, 5.41) is 8.94. The molecule has 2 heteroatoms. The Bertz CT molecular complexity index is 378. The number of hydrogen-bond acceptors (Lipinski definition) is 1. The van der Waals surface area contributed by atoms with Gasteiger partial charge in [0.15, 0.2) is 0 Å². The number of nitrogens with zero attached hydrogens (tertiary/aromatic N) is 1. The first-order chi connectivity index (χ1) is 7.02. The van der Waals surface area contributed by atoms with Crippen molar-refractivity contribution in [1.82, 2.24) is 0 Å². The second-order valence-electron chi connectivity index (χ2n) is 4.39. The first-order valence-corrected chi connectivity index (χ1v) is 5.93. The molecule has 0 saturated heterocycles. The van der Waals surface area contributed by atoms with Crippen LogP contribution in [0, 0.1) is 17.2 Å². The molecule has 80 valence electrons. The van der Waals surface area contributed by atoms with E-state index in [4.69, 9.17) is 5.26 Å². The van der Waals surface area contributed by atoms with E-state index in [2.05, 4.69) is 48.8 Å². The van der Waals surface area contributed by atoms with Crippen molar-refractivity contribution in [1.29, 1.82) is 5.26 Å². The Hall–Kier alpha value is -0.810. The highest BCUT2D eigenvalue weighted by Gasteiger charge is 2.31. The molecule has 1 aromatic carbocycles. The van der Waals surface area contributed by atoms with Gasteiger partial charge in [0, 0.05) is 16.3 Å². The van der Waals surface area contributed by atoms with Gasteiger partial charge in [0.25, 0.3) is 0 Å². The summed E-state index contributed by atoms with van der Waals surface area (Å²) in [6.07, 6.45) is 0.549. The molecule has 0 spiro atoms. The Morgan fingerprint density at radius 2 is 2.00 bits per heavy atom. The first-order valence-electron chi connectivity index (χ1n) is 5.14. The monoisotopic (exact) mass is 265 g/mol. The second-order valence-corrected chi connectivity index (χ2v) is 5.24. The van der Waals surface area contributed by atoms with Crippen LogP contribution in [0.3, 0.4) is 0 Å². The van der Waals surface area contributed by atoms with Crippen molar-refractivity contribution in [3.63, 3.8) is 0 Å². The maximum absolute atomic E-state index is 8.94. The van der Waals surface area contributed by atoms with E-state index in [0.29, 0.717) is 12.3 Å². The SMILES string of the molecule is CC(C)C(C)(CC#N)c1ccccc1Br. The van der Waals surface area contributed by atoms with Gasteiger partial charge in [0.05, 0.1) is 6.07 Å². The van der Waals surface area contributed by atoms with Gasteiger partial charge in [0.1, 0.15) is 0 Å². The molecule has 0 aliphatic rings. The fourth-order valence-corrected chi connectivity index (χ4v) is 2.44. The molecule has 1 atom stereocenters. The van der Waals surface area contributed by atoms with Crippen LogP contribution >= 0.6 is 15.9 Å². The molecule has 1 aromatic rings. The fourth-order valence-electron chi connectivity index (χ4n) is 1.70. The van der Waals surface area contributed by atoms with Gasteiger partial charge >= 0.3 is 0 Å². The molecule has 1 nitrogen and oxygen atoms in total. The molecule has 0 saturated carbocycles. The van der Waals surface area contributed by atoms with E-state index >= 15 is 0 Å². The van der Waals surface area contributed by atoms with Crippen LogP contribution in [0.15, 0.2) is 28.7 Å². The quantitative estimate of drug-likeness (QED) is 0.801. The van der Waals surface area contributed by atoms with Crippen LogP contribution in [0.25, 0.3) is 0 Å². The Labute approximate surface area is 100 Å². The normalized spacial score (nSPS) is 14.7. The zero-order chi connectivity index (χ0) is 11.5. The molecule has 1 unspecified atom stereocenters. The lowest BCUT2D eigenvalue weighted by molar-refractivity contribution is 0.343. The van der Waals surface area contributed by atoms with Crippen molar-refractivity contribution in [2.24, 2.45) is 5.92 Å². The summed E-state index contributed by atoms with van der Waals surface area (Å²) in [6.45, 7) is 6.48. The molecule has 1 rings (SSSR count). The highest BCUT2D eigenvalue weighted by Crippen LogP contribution is 2.38. The van der Waals surface area contributed by atoms with E-state index in [1.165, 1.54) is 5.56 Å². The Morgan fingerprint density at radius 1 is 1.40 bits per heavy atom. The standard InChI is InChI=1S/C13H16BrN/c1-10(2)13(3,8-9-15)11-6-4-5-7-12(11)14/h4-7,10H,8H2,1-3H3. The van der Waals surface area contributed by atoms with Gasteiger partial charge in [-0.25, -0.2) is 0 Å². The molecular formula is C13H16BrN. The zero-order valence-corrected chi connectivity index (χ0v) is 11.0. The highest BCUT2D eigenvalue weighted by molar-refractivity contribution is 9.10. The third-order valence-corrected chi connectivity index (χ3v) is 3.90. The topological polar surface area (TPSA) is 23.8 Å². The van der Waals surface area contributed by atoms with Gasteiger partial charge in [-0.15, -0.1) is 0 Å². The number of nitriles is 1. The van der Waals surface area contributed by atoms with Gasteiger partial charge in [-0.3, -0.25) is 0 Å². The van der Waals surface area contributed by atoms with Crippen molar-refractivity contribution < 1.29 is 0 Å². The Morgan fingerprint density at radius 3 is 2.47 bits per heavy atom. The largest absolute Gasteiger partial charge is 0.198 e. The molecule has 0 aromatic heterocycles. The van der Waals surface area contributed by atoms with Crippen molar-refractivity contribution in [3.05, 3.63) is 34.3 Å². The maximum Gasteiger partial charge on any atom is 0.0631 e. The number of halogens is 1. The van der Waals surface area contributed by atoms with E-state index in [9.17, 15) is 0 Å². The van der Waals surface area contributed by atoms with Gasteiger partial charge < -0.3 is 0 Å². The minimum absolute atomic E-state index is 0.0746. The van der Waals surface area contributed by atoms with Crippen LogP contribution in [-0.2, 0) is 5.41 Å². The Kier molecular flexibility index (Phi) is 3.93. The van der Waals surface area contributed by atoms with Crippen LogP contribution < -0.4 is 0 Å². The summed E-state index contributed by atoms with van der Waals surface area (Å²) in [5.41, 5.74) is 1.15. The molecule has 0 heterocycles. The summed E-state index contributed by atoms with van der Waals surface area (Å²) < 4.78 is 1.09. The van der Waals surface area contributed by atoms with Gasteiger partial charge in [0.2, 0.25) is 0 Å². The summed E-state index contributed by atoms with van der Waals surface area (Å²) in [4.78, 5) is 0. The van der Waals surface area contributed by atoms with Crippen molar-refractivity contribution in [3.8, 4) is 6.07 Å². The van der Waals surface area contributed by atoms with Crippen LogP contribution in [0.4, 0.5) is 0 Å². The smallest absolute Gasteiger partial charge is 0.0631 e. The van der Waals surface area contributed by atoms with E-state index in [1.54, 1.807) is 0 Å². The Balaban J connectivity index is 3.22. The van der Waals surface area contributed by atoms with Gasteiger partial charge in [-0.1, -0.05) is 54.9 Å². The number of rotatable bonds is 3. The molecule has 0 N–H and O–H groups in total. The van der Waals surface area contributed by atoms with Crippen molar-refractivity contribution in [2.45, 2.75) is 32.6 Å². The highest BCUT2D eigenvalue weighted by atomic mass is 79.9. The number of benzene rings is 1. The lowest BCUT2D eigenvalue weighted by Gasteiger charge is -2.33. The number of hydrogen-bond donors (Lipinski definition) is 0. The summed E-state index contributed by atoms with van der Waals surface area (Å²) in [6, 6.07) is 10.5. The predicted molar refractivity (Wildman–Crippen MR) is 66.6 cm³/mol. The van der Waals surface area contributed by atoms with Crippen LogP contribution in [0.2, 0.25) is 0 Å². The van der Waals surface area contributed by atoms with E-state index in [-0.39, 0.29) is 5.41 Å². The van der Waals surface area contributed by atoms with E-state index in [1.807, 2.05) is 18.2 Å². The molecule has 0 bridgehead atoms. The fraction of sp³-hybridized carbons (Fsp3) is 0.462. The molecule has 0 aliphatic carbocycles. The minimum Gasteiger partial charge on any atom is -0.198 e. The molecule has 0 fully saturated rings.